The average Bonchev–Trinajstić information content (AvgIpc) is 2.34. The number of ether oxygens (including phenoxy) is 2. The van der Waals surface area contributed by atoms with Crippen LogP contribution in [0.3, 0.4) is 0 Å². The molecule has 0 saturated heterocycles. The summed E-state index contributed by atoms with van der Waals surface area (Å²) in [5.74, 6) is 3.11. The molecule has 0 aliphatic rings. The lowest BCUT2D eigenvalue weighted by Gasteiger charge is -2.14. The van der Waals surface area contributed by atoms with Crippen molar-refractivity contribution in [3.63, 3.8) is 0 Å². The summed E-state index contributed by atoms with van der Waals surface area (Å²) in [7, 11) is 0. The van der Waals surface area contributed by atoms with Crippen molar-refractivity contribution in [3.05, 3.63) is 29.3 Å². The SMILES string of the molecule is CCOCc1cc(OC(C)C)ccc1CSCC. The highest BCUT2D eigenvalue weighted by molar-refractivity contribution is 7.98. The van der Waals surface area contributed by atoms with Crippen LogP contribution in [-0.4, -0.2) is 18.5 Å². The minimum absolute atomic E-state index is 0.209. The first-order valence-electron chi connectivity index (χ1n) is 6.61. The van der Waals surface area contributed by atoms with Gasteiger partial charge in [-0.05, 0) is 49.8 Å². The van der Waals surface area contributed by atoms with Crippen molar-refractivity contribution < 1.29 is 9.47 Å². The lowest BCUT2D eigenvalue weighted by molar-refractivity contribution is 0.133. The fourth-order valence-electron chi connectivity index (χ4n) is 1.65. The smallest absolute Gasteiger partial charge is 0.120 e. The summed E-state index contributed by atoms with van der Waals surface area (Å²) < 4.78 is 11.3. The Kier molecular flexibility index (Phi) is 7.21. The van der Waals surface area contributed by atoms with E-state index in [0.29, 0.717) is 6.61 Å². The quantitative estimate of drug-likeness (QED) is 0.701. The molecule has 0 aliphatic carbocycles. The zero-order valence-electron chi connectivity index (χ0n) is 11.9. The summed E-state index contributed by atoms with van der Waals surface area (Å²) in [6.45, 7) is 9.71. The summed E-state index contributed by atoms with van der Waals surface area (Å²) in [6, 6.07) is 6.33. The summed E-state index contributed by atoms with van der Waals surface area (Å²) in [4.78, 5) is 0. The van der Waals surface area contributed by atoms with Crippen molar-refractivity contribution in [3.8, 4) is 5.75 Å². The summed E-state index contributed by atoms with van der Waals surface area (Å²) in [6.07, 6.45) is 0.209. The van der Waals surface area contributed by atoms with Crippen molar-refractivity contribution >= 4 is 11.8 Å². The van der Waals surface area contributed by atoms with E-state index in [1.807, 2.05) is 32.5 Å². The van der Waals surface area contributed by atoms with Gasteiger partial charge < -0.3 is 9.47 Å². The number of rotatable bonds is 8. The van der Waals surface area contributed by atoms with Gasteiger partial charge in [-0.3, -0.25) is 0 Å². The molecule has 0 bridgehead atoms. The van der Waals surface area contributed by atoms with Gasteiger partial charge in [-0.2, -0.15) is 11.8 Å². The van der Waals surface area contributed by atoms with E-state index in [-0.39, 0.29) is 6.10 Å². The van der Waals surface area contributed by atoms with E-state index >= 15 is 0 Å². The standard InChI is InChI=1S/C15H24O2S/c1-5-16-10-14-9-15(17-12(3)4)8-7-13(14)11-18-6-2/h7-9,12H,5-6,10-11H2,1-4H3. The Morgan fingerprint density at radius 1 is 1.17 bits per heavy atom. The second kappa shape index (κ2) is 8.44. The zero-order valence-corrected chi connectivity index (χ0v) is 12.7. The first-order valence-corrected chi connectivity index (χ1v) is 7.76. The molecule has 0 radical (unpaired) electrons. The molecule has 0 saturated carbocycles. The van der Waals surface area contributed by atoms with E-state index in [0.717, 1.165) is 23.9 Å². The monoisotopic (exact) mass is 268 g/mol. The first-order chi connectivity index (χ1) is 8.67. The highest BCUT2D eigenvalue weighted by Crippen LogP contribution is 2.23. The molecule has 1 aromatic carbocycles. The van der Waals surface area contributed by atoms with Crippen LogP contribution in [0.5, 0.6) is 5.75 Å². The molecule has 0 amide bonds. The van der Waals surface area contributed by atoms with E-state index in [1.54, 1.807) is 0 Å². The third-order valence-corrected chi connectivity index (χ3v) is 3.40. The lowest BCUT2D eigenvalue weighted by Crippen LogP contribution is -2.06. The Morgan fingerprint density at radius 3 is 2.56 bits per heavy atom. The second-order valence-electron chi connectivity index (χ2n) is 4.37. The van der Waals surface area contributed by atoms with Gasteiger partial charge in [-0.1, -0.05) is 13.0 Å². The van der Waals surface area contributed by atoms with Crippen molar-refractivity contribution in [2.75, 3.05) is 12.4 Å². The van der Waals surface area contributed by atoms with E-state index in [1.165, 1.54) is 11.1 Å². The van der Waals surface area contributed by atoms with Crippen LogP contribution in [0, 0.1) is 0 Å². The molecule has 1 aromatic rings. The molecule has 18 heavy (non-hydrogen) atoms. The van der Waals surface area contributed by atoms with Crippen LogP contribution >= 0.6 is 11.8 Å². The molecule has 0 fully saturated rings. The van der Waals surface area contributed by atoms with E-state index < -0.39 is 0 Å². The predicted octanol–water partition coefficient (Wildman–Crippen LogP) is 4.26. The molecule has 0 unspecified atom stereocenters. The second-order valence-corrected chi connectivity index (χ2v) is 5.65. The van der Waals surface area contributed by atoms with Gasteiger partial charge in [0.2, 0.25) is 0 Å². The van der Waals surface area contributed by atoms with Gasteiger partial charge in [-0.15, -0.1) is 0 Å². The molecule has 2 nitrogen and oxygen atoms in total. The zero-order chi connectivity index (χ0) is 13.4. The Balaban J connectivity index is 2.81. The Labute approximate surface area is 115 Å². The van der Waals surface area contributed by atoms with Gasteiger partial charge in [0, 0.05) is 12.4 Å². The van der Waals surface area contributed by atoms with Gasteiger partial charge in [0.15, 0.2) is 0 Å². The largest absolute Gasteiger partial charge is 0.491 e. The van der Waals surface area contributed by atoms with Gasteiger partial charge in [0.25, 0.3) is 0 Å². The number of hydrogen-bond donors (Lipinski definition) is 0. The van der Waals surface area contributed by atoms with Crippen molar-refractivity contribution in [2.24, 2.45) is 0 Å². The third kappa shape index (κ3) is 5.32. The number of hydrogen-bond acceptors (Lipinski definition) is 3. The van der Waals surface area contributed by atoms with E-state index in [2.05, 4.69) is 25.1 Å². The fraction of sp³-hybridized carbons (Fsp3) is 0.600. The molecule has 0 spiro atoms. The molecular weight excluding hydrogens is 244 g/mol. The number of thioether (sulfide) groups is 1. The molecule has 1 rings (SSSR count). The van der Waals surface area contributed by atoms with Crippen molar-refractivity contribution in [2.45, 2.75) is 46.2 Å². The molecule has 102 valence electrons. The maximum absolute atomic E-state index is 5.73. The average molecular weight is 268 g/mol. The minimum atomic E-state index is 0.209. The van der Waals surface area contributed by atoms with Crippen molar-refractivity contribution in [1.29, 1.82) is 0 Å². The molecular formula is C15H24O2S. The summed E-state index contributed by atoms with van der Waals surface area (Å²) >= 11 is 1.93. The lowest BCUT2D eigenvalue weighted by atomic mass is 10.1. The first kappa shape index (κ1) is 15.4. The van der Waals surface area contributed by atoms with E-state index in [9.17, 15) is 0 Å². The highest BCUT2D eigenvalue weighted by atomic mass is 32.2. The van der Waals surface area contributed by atoms with Crippen LogP contribution < -0.4 is 4.74 Å². The third-order valence-electron chi connectivity index (χ3n) is 2.47. The molecule has 0 heterocycles. The highest BCUT2D eigenvalue weighted by Gasteiger charge is 2.06. The van der Waals surface area contributed by atoms with Crippen LogP contribution in [0.4, 0.5) is 0 Å². The topological polar surface area (TPSA) is 18.5 Å². The van der Waals surface area contributed by atoms with Crippen LogP contribution in [0.1, 0.15) is 38.8 Å². The Bertz CT molecular complexity index is 350. The molecule has 0 N–H and O–H groups in total. The maximum Gasteiger partial charge on any atom is 0.120 e. The normalized spacial score (nSPS) is 10.9. The maximum atomic E-state index is 5.73. The van der Waals surface area contributed by atoms with Crippen LogP contribution in [0.15, 0.2) is 18.2 Å². The summed E-state index contributed by atoms with van der Waals surface area (Å²) in [5.41, 5.74) is 2.60. The van der Waals surface area contributed by atoms with Gasteiger partial charge in [0.05, 0.1) is 12.7 Å². The van der Waals surface area contributed by atoms with Crippen LogP contribution in [0.2, 0.25) is 0 Å². The van der Waals surface area contributed by atoms with E-state index in [4.69, 9.17) is 9.47 Å². The molecule has 0 aliphatic heterocycles. The minimum Gasteiger partial charge on any atom is -0.491 e. The Hall–Kier alpha value is -0.670. The number of benzene rings is 1. The van der Waals surface area contributed by atoms with Crippen LogP contribution in [-0.2, 0) is 17.1 Å². The van der Waals surface area contributed by atoms with Crippen molar-refractivity contribution in [1.82, 2.24) is 0 Å². The Morgan fingerprint density at radius 2 is 1.94 bits per heavy atom. The summed E-state index contributed by atoms with van der Waals surface area (Å²) in [5, 5.41) is 0. The molecule has 3 heteroatoms. The fourth-order valence-corrected chi connectivity index (χ4v) is 2.35. The molecule has 0 aromatic heterocycles. The predicted molar refractivity (Wildman–Crippen MR) is 79.4 cm³/mol. The van der Waals surface area contributed by atoms with Gasteiger partial charge in [-0.25, -0.2) is 0 Å². The van der Waals surface area contributed by atoms with Crippen LogP contribution in [0.25, 0.3) is 0 Å². The van der Waals surface area contributed by atoms with Gasteiger partial charge >= 0.3 is 0 Å². The van der Waals surface area contributed by atoms with Gasteiger partial charge in [0.1, 0.15) is 5.75 Å². The molecule has 0 atom stereocenters.